The minimum absolute atomic E-state index is 0.0697. The topological polar surface area (TPSA) is 53.7 Å². The first kappa shape index (κ1) is 12.9. The van der Waals surface area contributed by atoms with Crippen molar-refractivity contribution in [2.75, 3.05) is 31.1 Å². The van der Waals surface area contributed by atoms with Crippen LogP contribution >= 0.6 is 0 Å². The van der Waals surface area contributed by atoms with Crippen molar-refractivity contribution in [3.63, 3.8) is 0 Å². The molecule has 0 atom stereocenters. The molecule has 6 nitrogen and oxygen atoms in total. The first-order valence-electron chi connectivity index (χ1n) is 6.99. The second kappa shape index (κ2) is 5.11. The van der Waals surface area contributed by atoms with Gasteiger partial charge in [0.25, 0.3) is 0 Å². The van der Waals surface area contributed by atoms with Crippen LogP contribution in [0.1, 0.15) is 13.8 Å². The van der Waals surface area contributed by atoms with Gasteiger partial charge in [0.05, 0.1) is 6.20 Å². The first-order chi connectivity index (χ1) is 9.66. The Morgan fingerprint density at radius 3 is 2.60 bits per heavy atom. The molecule has 0 bridgehead atoms. The highest BCUT2D eigenvalue weighted by Gasteiger charge is 2.24. The van der Waals surface area contributed by atoms with E-state index in [1.807, 2.05) is 35.4 Å². The molecule has 0 aliphatic carbocycles. The molecule has 3 rings (SSSR count). The Bertz CT molecular complexity index is 613. The lowest BCUT2D eigenvalue weighted by molar-refractivity contribution is -0.134. The molecular formula is C14H19N5O. The lowest BCUT2D eigenvalue weighted by Gasteiger charge is -2.36. The summed E-state index contributed by atoms with van der Waals surface area (Å²) in [6.07, 6.45) is 3.56. The maximum Gasteiger partial charge on any atom is 0.225 e. The molecule has 0 N–H and O–H groups in total. The van der Waals surface area contributed by atoms with Crippen LogP contribution in [0.3, 0.4) is 0 Å². The molecule has 6 heteroatoms. The number of amides is 1. The maximum atomic E-state index is 12.0. The molecule has 106 valence electrons. The van der Waals surface area contributed by atoms with Gasteiger partial charge in [-0.05, 0) is 6.07 Å². The van der Waals surface area contributed by atoms with Crippen LogP contribution in [-0.2, 0) is 4.79 Å². The Morgan fingerprint density at radius 1 is 1.15 bits per heavy atom. The molecule has 1 amide bonds. The zero-order chi connectivity index (χ0) is 14.1. The summed E-state index contributed by atoms with van der Waals surface area (Å²) in [4.78, 5) is 20.5. The molecule has 1 aliphatic heterocycles. The number of hydrogen-bond donors (Lipinski definition) is 0. The van der Waals surface area contributed by atoms with Gasteiger partial charge in [-0.2, -0.15) is 9.61 Å². The molecule has 0 radical (unpaired) electrons. The molecular weight excluding hydrogens is 254 g/mol. The number of carbonyl (C=O) groups excluding carboxylic acids is 1. The predicted molar refractivity (Wildman–Crippen MR) is 76.6 cm³/mol. The van der Waals surface area contributed by atoms with Gasteiger partial charge in [-0.25, -0.2) is 4.98 Å². The summed E-state index contributed by atoms with van der Waals surface area (Å²) >= 11 is 0. The molecule has 20 heavy (non-hydrogen) atoms. The van der Waals surface area contributed by atoms with E-state index in [0.717, 1.165) is 37.6 Å². The van der Waals surface area contributed by atoms with Crippen molar-refractivity contribution in [2.45, 2.75) is 13.8 Å². The summed E-state index contributed by atoms with van der Waals surface area (Å²) in [5.74, 6) is 1.35. The third-order valence-corrected chi connectivity index (χ3v) is 3.68. The quantitative estimate of drug-likeness (QED) is 0.820. The highest BCUT2D eigenvalue weighted by molar-refractivity contribution is 5.78. The van der Waals surface area contributed by atoms with E-state index < -0.39 is 0 Å². The largest absolute Gasteiger partial charge is 0.353 e. The number of fused-ring (bicyclic) bond motifs is 1. The molecule has 2 aromatic rings. The number of piperazine rings is 1. The zero-order valence-electron chi connectivity index (χ0n) is 11.9. The number of aromatic nitrogens is 3. The molecule has 0 aromatic carbocycles. The normalized spacial score (nSPS) is 16.1. The molecule has 0 spiro atoms. The molecule has 1 saturated heterocycles. The molecule has 1 fully saturated rings. The number of nitrogens with zero attached hydrogens (tertiary/aromatic N) is 5. The zero-order valence-corrected chi connectivity index (χ0v) is 11.9. The summed E-state index contributed by atoms with van der Waals surface area (Å²) in [5, 5.41) is 4.31. The van der Waals surface area contributed by atoms with Crippen LogP contribution in [0.2, 0.25) is 0 Å². The first-order valence-corrected chi connectivity index (χ1v) is 6.99. The summed E-state index contributed by atoms with van der Waals surface area (Å²) < 4.78 is 1.85. The van der Waals surface area contributed by atoms with Crippen LogP contribution in [-0.4, -0.2) is 51.6 Å². The third kappa shape index (κ3) is 2.21. The SMILES string of the molecule is CC(C)C(=O)N1CCN(c2ccnc3ccnn23)CC1. The van der Waals surface area contributed by atoms with Gasteiger partial charge in [-0.15, -0.1) is 0 Å². The van der Waals surface area contributed by atoms with E-state index in [1.54, 1.807) is 12.4 Å². The second-order valence-corrected chi connectivity index (χ2v) is 5.37. The Morgan fingerprint density at radius 2 is 1.90 bits per heavy atom. The fourth-order valence-electron chi connectivity index (χ4n) is 2.58. The summed E-state index contributed by atoms with van der Waals surface area (Å²) in [6.45, 7) is 7.09. The Hall–Kier alpha value is -2.11. The van der Waals surface area contributed by atoms with Gasteiger partial charge in [0, 0.05) is 44.4 Å². The van der Waals surface area contributed by atoms with E-state index >= 15 is 0 Å². The van der Waals surface area contributed by atoms with E-state index in [2.05, 4.69) is 15.0 Å². The predicted octanol–water partition coefficient (Wildman–Crippen LogP) is 1.03. The highest BCUT2D eigenvalue weighted by Crippen LogP contribution is 2.17. The smallest absolute Gasteiger partial charge is 0.225 e. The van der Waals surface area contributed by atoms with Crippen molar-refractivity contribution in [2.24, 2.45) is 5.92 Å². The summed E-state index contributed by atoms with van der Waals surface area (Å²) in [5.41, 5.74) is 0.850. The van der Waals surface area contributed by atoms with Gasteiger partial charge < -0.3 is 9.80 Å². The van der Waals surface area contributed by atoms with Crippen molar-refractivity contribution in [3.05, 3.63) is 24.5 Å². The molecule has 1 aliphatic rings. The Labute approximate surface area is 118 Å². The number of anilines is 1. The van der Waals surface area contributed by atoms with Crippen LogP contribution in [0.5, 0.6) is 0 Å². The van der Waals surface area contributed by atoms with Gasteiger partial charge in [0.15, 0.2) is 5.65 Å². The van der Waals surface area contributed by atoms with E-state index in [4.69, 9.17) is 0 Å². The van der Waals surface area contributed by atoms with Gasteiger partial charge in [-0.1, -0.05) is 13.8 Å². The molecule has 0 unspecified atom stereocenters. The molecule has 0 saturated carbocycles. The fraction of sp³-hybridized carbons (Fsp3) is 0.500. The Kier molecular flexibility index (Phi) is 3.30. The van der Waals surface area contributed by atoms with Crippen molar-refractivity contribution in [1.29, 1.82) is 0 Å². The lowest BCUT2D eigenvalue weighted by atomic mass is 10.1. The highest BCUT2D eigenvalue weighted by atomic mass is 16.2. The number of rotatable bonds is 2. The van der Waals surface area contributed by atoms with Crippen LogP contribution < -0.4 is 4.90 Å². The third-order valence-electron chi connectivity index (χ3n) is 3.68. The van der Waals surface area contributed by atoms with Crippen LogP contribution in [0, 0.1) is 5.92 Å². The summed E-state index contributed by atoms with van der Waals surface area (Å²) in [7, 11) is 0. The fourth-order valence-corrected chi connectivity index (χ4v) is 2.58. The van der Waals surface area contributed by atoms with E-state index in [-0.39, 0.29) is 11.8 Å². The van der Waals surface area contributed by atoms with Gasteiger partial charge >= 0.3 is 0 Å². The van der Waals surface area contributed by atoms with E-state index in [1.165, 1.54) is 0 Å². The van der Waals surface area contributed by atoms with E-state index in [0.29, 0.717) is 0 Å². The average molecular weight is 273 g/mol. The lowest BCUT2D eigenvalue weighted by Crippen LogP contribution is -2.50. The average Bonchev–Trinajstić information content (AvgIpc) is 2.95. The minimum Gasteiger partial charge on any atom is -0.353 e. The number of carbonyl (C=O) groups is 1. The maximum absolute atomic E-state index is 12.0. The standard InChI is InChI=1S/C14H19N5O/c1-11(2)14(20)18-9-7-17(8-10-18)13-4-5-15-12-3-6-16-19(12)13/h3-6,11H,7-10H2,1-2H3. The van der Waals surface area contributed by atoms with E-state index in [9.17, 15) is 4.79 Å². The minimum atomic E-state index is 0.0697. The molecule has 2 aromatic heterocycles. The number of hydrogen-bond acceptors (Lipinski definition) is 4. The van der Waals surface area contributed by atoms with Gasteiger partial charge in [0.1, 0.15) is 5.82 Å². The van der Waals surface area contributed by atoms with Crippen molar-refractivity contribution < 1.29 is 4.79 Å². The van der Waals surface area contributed by atoms with Gasteiger partial charge in [-0.3, -0.25) is 4.79 Å². The Balaban J connectivity index is 1.75. The van der Waals surface area contributed by atoms with Crippen LogP contribution in [0.25, 0.3) is 5.65 Å². The van der Waals surface area contributed by atoms with Crippen molar-refractivity contribution in [3.8, 4) is 0 Å². The molecule has 3 heterocycles. The second-order valence-electron chi connectivity index (χ2n) is 5.37. The van der Waals surface area contributed by atoms with Crippen molar-refractivity contribution >= 4 is 17.4 Å². The van der Waals surface area contributed by atoms with Crippen LogP contribution in [0.4, 0.5) is 5.82 Å². The van der Waals surface area contributed by atoms with Gasteiger partial charge in [0.2, 0.25) is 5.91 Å². The van der Waals surface area contributed by atoms with Crippen LogP contribution in [0.15, 0.2) is 24.5 Å². The summed E-state index contributed by atoms with van der Waals surface area (Å²) in [6, 6.07) is 3.86. The van der Waals surface area contributed by atoms with Crippen molar-refractivity contribution in [1.82, 2.24) is 19.5 Å². The monoisotopic (exact) mass is 273 g/mol.